The van der Waals surface area contributed by atoms with Crippen molar-refractivity contribution in [2.75, 3.05) is 24.3 Å². The molecular formula is C15H23N3O3. The summed E-state index contributed by atoms with van der Waals surface area (Å²) in [6, 6.07) is 4.17. The molecule has 0 aliphatic carbocycles. The summed E-state index contributed by atoms with van der Waals surface area (Å²) < 4.78 is 0. The van der Waals surface area contributed by atoms with Crippen LogP contribution in [-0.4, -0.2) is 37.2 Å². The van der Waals surface area contributed by atoms with E-state index in [1.54, 1.807) is 6.07 Å². The van der Waals surface area contributed by atoms with Crippen LogP contribution >= 0.6 is 0 Å². The summed E-state index contributed by atoms with van der Waals surface area (Å²) in [6.07, 6.45) is 1.09. The Morgan fingerprint density at radius 3 is 2.52 bits per heavy atom. The molecule has 6 heteroatoms. The molecule has 3 N–H and O–H groups in total. The van der Waals surface area contributed by atoms with E-state index in [0.717, 1.165) is 11.3 Å². The molecule has 0 aliphatic rings. The van der Waals surface area contributed by atoms with Gasteiger partial charge in [-0.15, -0.1) is 0 Å². The average molecular weight is 293 g/mol. The molecule has 0 fully saturated rings. The molecule has 0 aromatic heterocycles. The van der Waals surface area contributed by atoms with E-state index in [1.807, 2.05) is 45.0 Å². The van der Waals surface area contributed by atoms with E-state index in [1.165, 1.54) is 0 Å². The maximum Gasteiger partial charge on any atom is 0.326 e. The highest BCUT2D eigenvalue weighted by Crippen LogP contribution is 2.22. The van der Waals surface area contributed by atoms with Crippen molar-refractivity contribution in [3.05, 3.63) is 23.8 Å². The molecular weight excluding hydrogens is 270 g/mol. The van der Waals surface area contributed by atoms with Crippen LogP contribution in [-0.2, 0) is 4.79 Å². The zero-order chi connectivity index (χ0) is 16.0. The molecule has 0 spiro atoms. The molecule has 0 heterocycles. The second-order valence-electron chi connectivity index (χ2n) is 5.17. The highest BCUT2D eigenvalue weighted by molar-refractivity contribution is 5.92. The van der Waals surface area contributed by atoms with E-state index in [0.29, 0.717) is 18.5 Å². The summed E-state index contributed by atoms with van der Waals surface area (Å²) in [5, 5.41) is 14.2. The average Bonchev–Trinajstić information content (AvgIpc) is 2.40. The van der Waals surface area contributed by atoms with Gasteiger partial charge in [-0.3, -0.25) is 0 Å². The predicted molar refractivity (Wildman–Crippen MR) is 84.0 cm³/mol. The van der Waals surface area contributed by atoms with Crippen molar-refractivity contribution < 1.29 is 14.7 Å². The molecule has 21 heavy (non-hydrogen) atoms. The molecule has 116 valence electrons. The number of anilines is 2. The van der Waals surface area contributed by atoms with Crippen molar-refractivity contribution in [2.45, 2.75) is 32.7 Å². The Kier molecular flexibility index (Phi) is 6.02. The Hall–Kier alpha value is -2.24. The third-order valence-electron chi connectivity index (χ3n) is 3.13. The van der Waals surface area contributed by atoms with Gasteiger partial charge in [0.1, 0.15) is 6.04 Å². The molecule has 1 rings (SSSR count). The lowest BCUT2D eigenvalue weighted by molar-refractivity contribution is -0.139. The summed E-state index contributed by atoms with van der Waals surface area (Å²) in [6.45, 7) is 3.86. The number of nitrogens with one attached hydrogen (secondary N) is 2. The van der Waals surface area contributed by atoms with Crippen LogP contribution in [0.4, 0.5) is 16.2 Å². The minimum absolute atomic E-state index is 0.402. The largest absolute Gasteiger partial charge is 0.480 e. The van der Waals surface area contributed by atoms with Crippen molar-refractivity contribution in [3.8, 4) is 0 Å². The van der Waals surface area contributed by atoms with Gasteiger partial charge in [0.05, 0.1) is 0 Å². The van der Waals surface area contributed by atoms with Crippen LogP contribution in [0.3, 0.4) is 0 Å². The number of carbonyl (C=O) groups excluding carboxylic acids is 1. The van der Waals surface area contributed by atoms with Gasteiger partial charge >= 0.3 is 12.0 Å². The molecule has 1 aromatic rings. The lowest BCUT2D eigenvalue weighted by Crippen LogP contribution is -2.42. The van der Waals surface area contributed by atoms with Gasteiger partial charge < -0.3 is 20.6 Å². The summed E-state index contributed by atoms with van der Waals surface area (Å²) in [4.78, 5) is 24.8. The fraction of sp³-hybridized carbons (Fsp3) is 0.467. The first-order valence-electron chi connectivity index (χ1n) is 6.93. The number of urea groups is 1. The van der Waals surface area contributed by atoms with E-state index in [4.69, 9.17) is 5.11 Å². The summed E-state index contributed by atoms with van der Waals surface area (Å²) >= 11 is 0. The van der Waals surface area contributed by atoms with Crippen LogP contribution < -0.4 is 15.5 Å². The number of carboxylic acid groups (broad SMARTS) is 1. The van der Waals surface area contributed by atoms with Crippen LogP contribution in [0.15, 0.2) is 18.2 Å². The Morgan fingerprint density at radius 2 is 2.00 bits per heavy atom. The first-order chi connectivity index (χ1) is 9.85. The minimum atomic E-state index is -1.02. The Balaban J connectivity index is 2.74. The SMILES string of the molecule is CCCC(NC(=O)Nc1ccc(C)c(N(C)C)c1)C(=O)O. The smallest absolute Gasteiger partial charge is 0.326 e. The van der Waals surface area contributed by atoms with Crippen LogP contribution in [0.2, 0.25) is 0 Å². The van der Waals surface area contributed by atoms with E-state index in [9.17, 15) is 9.59 Å². The number of hydrogen-bond acceptors (Lipinski definition) is 3. The van der Waals surface area contributed by atoms with Crippen LogP contribution in [0, 0.1) is 6.92 Å². The number of aryl methyl sites for hydroxylation is 1. The molecule has 1 atom stereocenters. The van der Waals surface area contributed by atoms with Gasteiger partial charge in [0.25, 0.3) is 0 Å². The molecule has 1 aromatic carbocycles. The van der Waals surface area contributed by atoms with Crippen molar-refractivity contribution in [2.24, 2.45) is 0 Å². The second kappa shape index (κ2) is 7.52. The number of amides is 2. The van der Waals surface area contributed by atoms with Gasteiger partial charge in [-0.05, 0) is 31.0 Å². The van der Waals surface area contributed by atoms with E-state index >= 15 is 0 Å². The number of benzene rings is 1. The monoisotopic (exact) mass is 293 g/mol. The zero-order valence-electron chi connectivity index (χ0n) is 12.9. The van der Waals surface area contributed by atoms with Gasteiger partial charge in [0.2, 0.25) is 0 Å². The molecule has 2 amide bonds. The van der Waals surface area contributed by atoms with Gasteiger partial charge in [-0.25, -0.2) is 9.59 Å². The third kappa shape index (κ3) is 4.98. The number of rotatable bonds is 6. The Labute approximate surface area is 125 Å². The normalized spacial score (nSPS) is 11.6. The highest BCUT2D eigenvalue weighted by Gasteiger charge is 2.18. The van der Waals surface area contributed by atoms with Gasteiger partial charge in [-0.1, -0.05) is 19.4 Å². The first kappa shape index (κ1) is 16.8. The fourth-order valence-electron chi connectivity index (χ4n) is 2.04. The quantitative estimate of drug-likeness (QED) is 0.752. The molecule has 0 bridgehead atoms. The van der Waals surface area contributed by atoms with Crippen LogP contribution in [0.1, 0.15) is 25.3 Å². The lowest BCUT2D eigenvalue weighted by atomic mass is 10.1. The highest BCUT2D eigenvalue weighted by atomic mass is 16.4. The van der Waals surface area contributed by atoms with Gasteiger partial charge in [0.15, 0.2) is 0 Å². The topological polar surface area (TPSA) is 81.7 Å². The predicted octanol–water partition coefficient (Wildman–Crippen LogP) is 2.44. The zero-order valence-corrected chi connectivity index (χ0v) is 12.9. The van der Waals surface area contributed by atoms with Crippen molar-refractivity contribution in [1.82, 2.24) is 5.32 Å². The standard InChI is InChI=1S/C15H23N3O3/c1-5-6-12(14(19)20)17-15(21)16-11-8-7-10(2)13(9-11)18(3)4/h7-9,12H,5-6H2,1-4H3,(H,19,20)(H2,16,17,21). The first-order valence-corrected chi connectivity index (χ1v) is 6.93. The van der Waals surface area contributed by atoms with Crippen LogP contribution in [0.5, 0.6) is 0 Å². The molecule has 1 unspecified atom stereocenters. The van der Waals surface area contributed by atoms with Crippen molar-refractivity contribution in [1.29, 1.82) is 0 Å². The van der Waals surface area contributed by atoms with Gasteiger partial charge in [-0.2, -0.15) is 0 Å². The number of carboxylic acids is 1. The maximum absolute atomic E-state index is 11.9. The van der Waals surface area contributed by atoms with E-state index < -0.39 is 18.0 Å². The maximum atomic E-state index is 11.9. The number of aliphatic carboxylic acids is 1. The summed E-state index contributed by atoms with van der Waals surface area (Å²) in [5.74, 6) is -1.02. The number of hydrogen-bond donors (Lipinski definition) is 3. The third-order valence-corrected chi connectivity index (χ3v) is 3.13. The number of nitrogens with zero attached hydrogens (tertiary/aromatic N) is 1. The van der Waals surface area contributed by atoms with Crippen molar-refractivity contribution in [3.63, 3.8) is 0 Å². The van der Waals surface area contributed by atoms with E-state index in [-0.39, 0.29) is 0 Å². The van der Waals surface area contributed by atoms with Gasteiger partial charge in [0, 0.05) is 25.5 Å². The Morgan fingerprint density at radius 1 is 1.33 bits per heavy atom. The molecule has 6 nitrogen and oxygen atoms in total. The summed E-state index contributed by atoms with van der Waals surface area (Å²) in [7, 11) is 3.85. The second-order valence-corrected chi connectivity index (χ2v) is 5.17. The minimum Gasteiger partial charge on any atom is -0.480 e. The molecule has 0 aliphatic heterocycles. The lowest BCUT2D eigenvalue weighted by Gasteiger charge is -2.18. The Bertz CT molecular complexity index is 515. The summed E-state index contributed by atoms with van der Waals surface area (Å²) in [5.41, 5.74) is 2.72. The molecule has 0 saturated heterocycles. The number of carbonyl (C=O) groups is 2. The van der Waals surface area contributed by atoms with Crippen LogP contribution in [0.25, 0.3) is 0 Å². The molecule has 0 radical (unpaired) electrons. The van der Waals surface area contributed by atoms with Crippen molar-refractivity contribution >= 4 is 23.4 Å². The fourth-order valence-corrected chi connectivity index (χ4v) is 2.04. The van der Waals surface area contributed by atoms with E-state index in [2.05, 4.69) is 10.6 Å². The molecule has 0 saturated carbocycles.